The lowest BCUT2D eigenvalue weighted by Gasteiger charge is -2.30. The summed E-state index contributed by atoms with van der Waals surface area (Å²) in [6, 6.07) is 6.19. The van der Waals surface area contributed by atoms with Gasteiger partial charge in [0.05, 0.1) is 33.0 Å². The summed E-state index contributed by atoms with van der Waals surface area (Å²) in [4.78, 5) is 0. The van der Waals surface area contributed by atoms with Crippen molar-refractivity contribution in [3.05, 3.63) is 23.8 Å². The molecule has 1 heterocycles. The number of thioether (sulfide) groups is 1. The molecule has 2 unspecified atom stereocenters. The van der Waals surface area contributed by atoms with Crippen molar-refractivity contribution in [1.82, 2.24) is 5.32 Å². The number of benzene rings is 1. The van der Waals surface area contributed by atoms with Crippen molar-refractivity contribution in [1.29, 1.82) is 0 Å². The highest BCUT2D eigenvalue weighted by Crippen LogP contribution is 2.32. The third-order valence-corrected chi connectivity index (χ3v) is 4.31. The summed E-state index contributed by atoms with van der Waals surface area (Å²) in [6.45, 7) is 0.820. The van der Waals surface area contributed by atoms with Gasteiger partial charge in [-0.05, 0) is 24.7 Å². The number of rotatable bonds is 5. The van der Waals surface area contributed by atoms with Crippen molar-refractivity contribution in [3.63, 3.8) is 0 Å². The van der Waals surface area contributed by atoms with E-state index in [1.165, 1.54) is 0 Å². The van der Waals surface area contributed by atoms with Crippen LogP contribution >= 0.6 is 11.8 Å². The molecular formula is C14H21NO3S. The average molecular weight is 283 g/mol. The topological polar surface area (TPSA) is 39.7 Å². The Morgan fingerprint density at radius 1 is 1.32 bits per heavy atom. The largest absolute Gasteiger partial charge is 0.493 e. The Morgan fingerprint density at radius 3 is 2.68 bits per heavy atom. The van der Waals surface area contributed by atoms with E-state index < -0.39 is 0 Å². The molecule has 0 radical (unpaired) electrons. The predicted molar refractivity (Wildman–Crippen MR) is 78.4 cm³/mol. The molecule has 0 amide bonds. The van der Waals surface area contributed by atoms with Gasteiger partial charge in [0.15, 0.2) is 11.5 Å². The maximum absolute atomic E-state index is 5.86. The fourth-order valence-electron chi connectivity index (χ4n) is 2.31. The van der Waals surface area contributed by atoms with Crippen LogP contribution in [0, 0.1) is 0 Å². The molecule has 0 aromatic heterocycles. The lowest BCUT2D eigenvalue weighted by molar-refractivity contribution is 0.0488. The first-order chi connectivity index (χ1) is 9.30. The Kier molecular flexibility index (Phi) is 5.36. The molecule has 1 aliphatic rings. The first kappa shape index (κ1) is 14.5. The van der Waals surface area contributed by atoms with Crippen LogP contribution in [0.5, 0.6) is 11.5 Å². The van der Waals surface area contributed by atoms with Crippen LogP contribution in [0.25, 0.3) is 0 Å². The number of nitrogens with one attached hydrogen (secondary N) is 1. The van der Waals surface area contributed by atoms with Gasteiger partial charge in [-0.3, -0.25) is 0 Å². The van der Waals surface area contributed by atoms with E-state index in [9.17, 15) is 0 Å². The van der Waals surface area contributed by atoms with Gasteiger partial charge >= 0.3 is 0 Å². The van der Waals surface area contributed by atoms with E-state index in [2.05, 4.69) is 11.4 Å². The summed E-state index contributed by atoms with van der Waals surface area (Å²) in [7, 11) is 5.26. The number of methoxy groups -OCH3 is 2. The second-order valence-electron chi connectivity index (χ2n) is 4.36. The van der Waals surface area contributed by atoms with E-state index in [1.807, 2.05) is 30.9 Å². The van der Waals surface area contributed by atoms with Crippen LogP contribution < -0.4 is 14.8 Å². The summed E-state index contributed by atoms with van der Waals surface area (Å²) in [6.07, 6.45) is 0.196. The molecule has 1 saturated heterocycles. The summed E-state index contributed by atoms with van der Waals surface area (Å²) in [5.74, 6) is 3.60. The standard InChI is InChI=1S/C14H21NO3S/c1-15-14(13-9-19-7-6-18-13)10-4-5-11(16-2)12(8-10)17-3/h4-5,8,13-15H,6-7,9H2,1-3H3. The maximum Gasteiger partial charge on any atom is 0.161 e. The van der Waals surface area contributed by atoms with E-state index in [4.69, 9.17) is 14.2 Å². The molecule has 1 aliphatic heterocycles. The van der Waals surface area contributed by atoms with Gasteiger partial charge in [0.25, 0.3) is 0 Å². The van der Waals surface area contributed by atoms with Crippen LogP contribution in [0.4, 0.5) is 0 Å². The lowest BCUT2D eigenvalue weighted by atomic mass is 10.0. The minimum Gasteiger partial charge on any atom is -0.493 e. The molecule has 0 spiro atoms. The van der Waals surface area contributed by atoms with E-state index in [1.54, 1.807) is 14.2 Å². The van der Waals surface area contributed by atoms with Gasteiger partial charge in [-0.15, -0.1) is 0 Å². The van der Waals surface area contributed by atoms with Crippen molar-refractivity contribution in [2.75, 3.05) is 39.4 Å². The van der Waals surface area contributed by atoms with Gasteiger partial charge in [0.1, 0.15) is 0 Å². The minimum atomic E-state index is 0.174. The third kappa shape index (κ3) is 3.35. The van der Waals surface area contributed by atoms with E-state index in [-0.39, 0.29) is 12.1 Å². The molecule has 106 valence electrons. The molecule has 0 aliphatic carbocycles. The molecular weight excluding hydrogens is 262 g/mol. The molecule has 4 nitrogen and oxygen atoms in total. The van der Waals surface area contributed by atoms with E-state index in [0.717, 1.165) is 35.2 Å². The zero-order chi connectivity index (χ0) is 13.7. The average Bonchev–Trinajstić information content (AvgIpc) is 2.49. The highest BCUT2D eigenvalue weighted by Gasteiger charge is 2.25. The Labute approximate surface area is 118 Å². The highest BCUT2D eigenvalue weighted by atomic mass is 32.2. The highest BCUT2D eigenvalue weighted by molar-refractivity contribution is 7.99. The number of likely N-dealkylation sites (N-methyl/N-ethyl adjacent to an activating group) is 1. The SMILES string of the molecule is CNC(c1ccc(OC)c(OC)c1)C1CSCCO1. The molecule has 2 atom stereocenters. The van der Waals surface area contributed by atoms with Crippen molar-refractivity contribution < 1.29 is 14.2 Å². The zero-order valence-electron chi connectivity index (χ0n) is 11.6. The Bertz CT molecular complexity index is 408. The summed E-state index contributed by atoms with van der Waals surface area (Å²) in [5, 5.41) is 3.34. The molecule has 0 saturated carbocycles. The van der Waals surface area contributed by atoms with Crippen molar-refractivity contribution in [3.8, 4) is 11.5 Å². The molecule has 5 heteroatoms. The first-order valence-electron chi connectivity index (χ1n) is 6.38. The van der Waals surface area contributed by atoms with Gasteiger partial charge in [-0.25, -0.2) is 0 Å². The number of hydrogen-bond acceptors (Lipinski definition) is 5. The molecule has 1 N–H and O–H groups in total. The normalized spacial score (nSPS) is 20.9. The fourth-order valence-corrected chi connectivity index (χ4v) is 3.21. The van der Waals surface area contributed by atoms with Crippen LogP contribution in [0.2, 0.25) is 0 Å². The molecule has 1 aromatic rings. The summed E-state index contributed by atoms with van der Waals surface area (Å²) < 4.78 is 16.5. The second kappa shape index (κ2) is 7.03. The summed E-state index contributed by atoms with van der Waals surface area (Å²) in [5.41, 5.74) is 1.16. The number of hydrogen-bond donors (Lipinski definition) is 1. The quantitative estimate of drug-likeness (QED) is 0.896. The Hall–Kier alpha value is -0.910. The summed E-state index contributed by atoms with van der Waals surface area (Å²) >= 11 is 1.94. The van der Waals surface area contributed by atoms with Crippen LogP contribution in [0.1, 0.15) is 11.6 Å². The first-order valence-corrected chi connectivity index (χ1v) is 7.54. The van der Waals surface area contributed by atoms with Crippen LogP contribution in [-0.2, 0) is 4.74 Å². The third-order valence-electron chi connectivity index (χ3n) is 3.29. The van der Waals surface area contributed by atoms with Crippen molar-refractivity contribution in [2.45, 2.75) is 12.1 Å². The van der Waals surface area contributed by atoms with Gasteiger partial charge in [0, 0.05) is 11.5 Å². The fraction of sp³-hybridized carbons (Fsp3) is 0.571. The maximum atomic E-state index is 5.86. The Morgan fingerprint density at radius 2 is 2.11 bits per heavy atom. The predicted octanol–water partition coefficient (Wildman–Crippen LogP) is 2.10. The van der Waals surface area contributed by atoms with Gasteiger partial charge < -0.3 is 19.5 Å². The van der Waals surface area contributed by atoms with Crippen LogP contribution in [0.15, 0.2) is 18.2 Å². The van der Waals surface area contributed by atoms with E-state index >= 15 is 0 Å². The smallest absolute Gasteiger partial charge is 0.161 e. The lowest BCUT2D eigenvalue weighted by Crippen LogP contribution is -2.36. The monoisotopic (exact) mass is 283 g/mol. The zero-order valence-corrected chi connectivity index (χ0v) is 12.5. The van der Waals surface area contributed by atoms with Gasteiger partial charge in [-0.1, -0.05) is 6.07 Å². The minimum absolute atomic E-state index is 0.174. The van der Waals surface area contributed by atoms with Crippen LogP contribution in [-0.4, -0.2) is 45.5 Å². The van der Waals surface area contributed by atoms with Crippen molar-refractivity contribution >= 4 is 11.8 Å². The van der Waals surface area contributed by atoms with Gasteiger partial charge in [0.2, 0.25) is 0 Å². The molecule has 2 rings (SSSR count). The Balaban J connectivity index is 2.22. The number of ether oxygens (including phenoxy) is 3. The van der Waals surface area contributed by atoms with Gasteiger partial charge in [-0.2, -0.15) is 11.8 Å². The molecule has 19 heavy (non-hydrogen) atoms. The second-order valence-corrected chi connectivity index (χ2v) is 5.51. The van der Waals surface area contributed by atoms with E-state index in [0.29, 0.717) is 0 Å². The van der Waals surface area contributed by atoms with Crippen LogP contribution in [0.3, 0.4) is 0 Å². The van der Waals surface area contributed by atoms with Crippen molar-refractivity contribution in [2.24, 2.45) is 0 Å². The molecule has 1 fully saturated rings. The molecule has 1 aromatic carbocycles. The molecule has 0 bridgehead atoms.